The molecular formula is C18H20N2O. The second-order valence-corrected chi connectivity index (χ2v) is 5.41. The Hall–Kier alpha value is -2.31. The van der Waals surface area contributed by atoms with Gasteiger partial charge < -0.3 is 10.4 Å². The molecule has 3 heteroatoms. The topological polar surface area (TPSA) is 56.0 Å². The molecule has 108 valence electrons. The quantitative estimate of drug-likeness (QED) is 0.897. The summed E-state index contributed by atoms with van der Waals surface area (Å²) in [7, 11) is 0. The molecule has 3 nitrogen and oxygen atoms in total. The van der Waals surface area contributed by atoms with E-state index in [2.05, 4.69) is 18.3 Å². The third-order valence-electron chi connectivity index (χ3n) is 3.70. The van der Waals surface area contributed by atoms with Crippen LogP contribution in [0.25, 0.3) is 0 Å². The zero-order valence-corrected chi connectivity index (χ0v) is 12.6. The van der Waals surface area contributed by atoms with Gasteiger partial charge in [0.1, 0.15) is 5.75 Å². The maximum atomic E-state index is 9.79. The van der Waals surface area contributed by atoms with Crippen LogP contribution in [0.2, 0.25) is 0 Å². The standard InChI is InChI=1S/C18H20N2O/c1-12-8-16(9-13(2)18(12)21)11-20-14(3)17-6-4-15(10-19)5-7-17/h4-9,14,20-21H,11H2,1-3H3. The number of benzene rings is 2. The largest absolute Gasteiger partial charge is 0.507 e. The van der Waals surface area contributed by atoms with Crippen molar-refractivity contribution in [2.75, 3.05) is 0 Å². The first-order valence-corrected chi connectivity index (χ1v) is 7.04. The Balaban J connectivity index is 2.03. The molecule has 0 aliphatic heterocycles. The Morgan fingerprint density at radius 3 is 2.24 bits per heavy atom. The molecule has 0 amide bonds. The lowest BCUT2D eigenvalue weighted by Crippen LogP contribution is -2.18. The summed E-state index contributed by atoms with van der Waals surface area (Å²) in [6, 6.07) is 14.0. The van der Waals surface area contributed by atoms with E-state index in [9.17, 15) is 5.11 Å². The maximum absolute atomic E-state index is 9.79. The molecule has 0 spiro atoms. The summed E-state index contributed by atoms with van der Waals surface area (Å²) >= 11 is 0. The van der Waals surface area contributed by atoms with E-state index in [4.69, 9.17) is 5.26 Å². The van der Waals surface area contributed by atoms with Crippen LogP contribution in [0, 0.1) is 25.2 Å². The van der Waals surface area contributed by atoms with Crippen LogP contribution in [0.1, 0.15) is 40.8 Å². The number of rotatable bonds is 4. The molecule has 0 bridgehead atoms. The van der Waals surface area contributed by atoms with Gasteiger partial charge in [-0.15, -0.1) is 0 Å². The molecule has 2 aromatic rings. The summed E-state index contributed by atoms with van der Waals surface area (Å²) in [4.78, 5) is 0. The first-order chi connectivity index (χ1) is 10.0. The summed E-state index contributed by atoms with van der Waals surface area (Å²) < 4.78 is 0. The summed E-state index contributed by atoms with van der Waals surface area (Å²) in [5, 5.41) is 22.1. The fraction of sp³-hybridized carbons (Fsp3) is 0.278. The molecule has 0 aromatic heterocycles. The van der Waals surface area contributed by atoms with Crippen molar-refractivity contribution in [1.29, 1.82) is 5.26 Å². The number of hydrogen-bond donors (Lipinski definition) is 2. The highest BCUT2D eigenvalue weighted by atomic mass is 16.3. The van der Waals surface area contributed by atoms with Crippen molar-refractivity contribution in [3.8, 4) is 11.8 Å². The van der Waals surface area contributed by atoms with E-state index in [0.717, 1.165) is 28.8 Å². The smallest absolute Gasteiger partial charge is 0.121 e. The van der Waals surface area contributed by atoms with Gasteiger partial charge in [0.05, 0.1) is 11.6 Å². The third kappa shape index (κ3) is 3.62. The van der Waals surface area contributed by atoms with Crippen LogP contribution >= 0.6 is 0 Å². The zero-order chi connectivity index (χ0) is 15.4. The molecule has 1 atom stereocenters. The number of aryl methyl sites for hydroxylation is 2. The molecule has 0 aliphatic carbocycles. The Morgan fingerprint density at radius 1 is 1.14 bits per heavy atom. The van der Waals surface area contributed by atoms with Gasteiger partial charge in [0.15, 0.2) is 0 Å². The molecule has 1 unspecified atom stereocenters. The van der Waals surface area contributed by atoms with E-state index >= 15 is 0 Å². The molecule has 0 radical (unpaired) electrons. The van der Waals surface area contributed by atoms with Crippen molar-refractivity contribution in [3.05, 3.63) is 64.2 Å². The van der Waals surface area contributed by atoms with Gasteiger partial charge in [-0.1, -0.05) is 24.3 Å². The number of nitrogens with one attached hydrogen (secondary N) is 1. The monoisotopic (exact) mass is 280 g/mol. The van der Waals surface area contributed by atoms with E-state index < -0.39 is 0 Å². The molecule has 2 aromatic carbocycles. The van der Waals surface area contributed by atoms with E-state index in [1.807, 2.05) is 50.2 Å². The molecular weight excluding hydrogens is 260 g/mol. The highest BCUT2D eigenvalue weighted by Gasteiger charge is 2.07. The highest BCUT2D eigenvalue weighted by Crippen LogP contribution is 2.23. The molecule has 21 heavy (non-hydrogen) atoms. The van der Waals surface area contributed by atoms with Crippen LogP contribution in [0.15, 0.2) is 36.4 Å². The first-order valence-electron chi connectivity index (χ1n) is 7.04. The molecule has 2 rings (SSSR count). The van der Waals surface area contributed by atoms with Crippen molar-refractivity contribution >= 4 is 0 Å². The summed E-state index contributed by atoms with van der Waals surface area (Å²) in [5.41, 5.74) is 4.79. The predicted octanol–water partition coefficient (Wildman–Crippen LogP) is 3.73. The SMILES string of the molecule is Cc1cc(CNC(C)c2ccc(C#N)cc2)cc(C)c1O. The third-order valence-corrected chi connectivity index (χ3v) is 3.70. The van der Waals surface area contributed by atoms with Crippen molar-refractivity contribution < 1.29 is 5.11 Å². The lowest BCUT2D eigenvalue weighted by Gasteiger charge is -2.15. The summed E-state index contributed by atoms with van der Waals surface area (Å²) in [5.74, 6) is 0.374. The van der Waals surface area contributed by atoms with Crippen LogP contribution in [0.4, 0.5) is 0 Å². The zero-order valence-electron chi connectivity index (χ0n) is 12.6. The van der Waals surface area contributed by atoms with E-state index in [-0.39, 0.29) is 6.04 Å². The second kappa shape index (κ2) is 6.43. The van der Waals surface area contributed by atoms with Crippen LogP contribution in [0.3, 0.4) is 0 Å². The lowest BCUT2D eigenvalue weighted by molar-refractivity contribution is 0.466. The minimum atomic E-state index is 0.201. The number of hydrogen-bond acceptors (Lipinski definition) is 3. The van der Waals surface area contributed by atoms with Crippen molar-refractivity contribution in [2.24, 2.45) is 0 Å². The van der Waals surface area contributed by atoms with Gasteiger partial charge in [0.2, 0.25) is 0 Å². The second-order valence-electron chi connectivity index (χ2n) is 5.41. The first kappa shape index (κ1) is 15.1. The van der Waals surface area contributed by atoms with Crippen LogP contribution < -0.4 is 5.32 Å². The molecule has 0 fully saturated rings. The Morgan fingerprint density at radius 2 is 1.71 bits per heavy atom. The van der Waals surface area contributed by atoms with Crippen LogP contribution in [0.5, 0.6) is 5.75 Å². The van der Waals surface area contributed by atoms with Gasteiger partial charge in [0.25, 0.3) is 0 Å². The van der Waals surface area contributed by atoms with Crippen LogP contribution in [-0.4, -0.2) is 5.11 Å². The van der Waals surface area contributed by atoms with Gasteiger partial charge in [-0.05, 0) is 55.2 Å². The van der Waals surface area contributed by atoms with Crippen molar-refractivity contribution in [2.45, 2.75) is 33.4 Å². The minimum absolute atomic E-state index is 0.201. The Labute approximate surface area is 125 Å². The van der Waals surface area contributed by atoms with Crippen LogP contribution in [-0.2, 0) is 6.54 Å². The lowest BCUT2D eigenvalue weighted by atomic mass is 10.0. The van der Waals surface area contributed by atoms with E-state index in [1.165, 1.54) is 0 Å². The van der Waals surface area contributed by atoms with Gasteiger partial charge in [-0.25, -0.2) is 0 Å². The fourth-order valence-electron chi connectivity index (χ4n) is 2.38. The maximum Gasteiger partial charge on any atom is 0.121 e. The average Bonchev–Trinajstić information content (AvgIpc) is 2.50. The average molecular weight is 280 g/mol. The van der Waals surface area contributed by atoms with E-state index in [0.29, 0.717) is 11.3 Å². The van der Waals surface area contributed by atoms with Gasteiger partial charge >= 0.3 is 0 Å². The molecule has 0 heterocycles. The number of phenols is 1. The molecule has 0 aliphatic rings. The van der Waals surface area contributed by atoms with Crippen molar-refractivity contribution in [3.63, 3.8) is 0 Å². The fourth-order valence-corrected chi connectivity index (χ4v) is 2.38. The van der Waals surface area contributed by atoms with Crippen molar-refractivity contribution in [1.82, 2.24) is 5.32 Å². The Bertz CT molecular complexity index is 646. The normalized spacial score (nSPS) is 11.9. The predicted molar refractivity (Wildman–Crippen MR) is 84.0 cm³/mol. The van der Waals surface area contributed by atoms with Gasteiger partial charge in [-0.2, -0.15) is 5.26 Å². The van der Waals surface area contributed by atoms with Gasteiger partial charge in [0, 0.05) is 12.6 Å². The minimum Gasteiger partial charge on any atom is -0.507 e. The summed E-state index contributed by atoms with van der Waals surface area (Å²) in [6.45, 7) is 6.66. The summed E-state index contributed by atoms with van der Waals surface area (Å²) in [6.07, 6.45) is 0. The van der Waals surface area contributed by atoms with Gasteiger partial charge in [-0.3, -0.25) is 0 Å². The highest BCUT2D eigenvalue weighted by molar-refractivity contribution is 5.42. The molecule has 0 saturated carbocycles. The number of nitrogens with zero attached hydrogens (tertiary/aromatic N) is 1. The molecule has 2 N–H and O–H groups in total. The number of aromatic hydroxyl groups is 1. The Kier molecular flexibility index (Phi) is 4.62. The molecule has 0 saturated heterocycles. The number of phenolic OH excluding ortho intramolecular Hbond substituents is 1. The number of nitriles is 1. The van der Waals surface area contributed by atoms with E-state index in [1.54, 1.807) is 0 Å².